The Morgan fingerprint density at radius 2 is 1.97 bits per heavy atom. The van der Waals surface area contributed by atoms with Gasteiger partial charge in [0.15, 0.2) is 12.4 Å². The number of halogens is 2. The highest BCUT2D eigenvalue weighted by Crippen LogP contribution is 2.34. The van der Waals surface area contributed by atoms with E-state index in [4.69, 9.17) is 4.74 Å². The summed E-state index contributed by atoms with van der Waals surface area (Å²) < 4.78 is 33.1. The Hall–Kier alpha value is -2.39. The number of nitrogens with zero attached hydrogens (tertiary/aromatic N) is 4. The van der Waals surface area contributed by atoms with Gasteiger partial charge in [0.05, 0.1) is 17.8 Å². The summed E-state index contributed by atoms with van der Waals surface area (Å²) in [5.41, 5.74) is 1.91. The Morgan fingerprint density at radius 3 is 2.75 bits per heavy atom. The van der Waals surface area contributed by atoms with Crippen molar-refractivity contribution in [2.24, 2.45) is 11.8 Å². The number of rotatable bonds is 10. The topological polar surface area (TPSA) is 60.2 Å². The van der Waals surface area contributed by atoms with Gasteiger partial charge in [-0.15, -0.1) is 0 Å². The molecule has 1 aliphatic carbocycles. The third-order valence-corrected chi connectivity index (χ3v) is 8.44. The molecule has 1 fully saturated rings. The largest absolute Gasteiger partial charge is 0.464 e. The van der Waals surface area contributed by atoms with Crippen molar-refractivity contribution in [3.8, 4) is 5.19 Å². The fraction of sp³-hybridized carbons (Fsp3) is 0.593. The molecule has 1 saturated carbocycles. The van der Waals surface area contributed by atoms with Gasteiger partial charge in [0.25, 0.3) is 11.1 Å². The summed E-state index contributed by atoms with van der Waals surface area (Å²) in [5, 5.41) is 5.94. The maximum absolute atomic E-state index is 13.1. The predicted octanol–water partition coefficient (Wildman–Crippen LogP) is 5.74. The first-order valence-electron chi connectivity index (χ1n) is 13.0. The second kappa shape index (κ2) is 10.9. The highest BCUT2D eigenvalue weighted by atomic mass is 32.1. The fourth-order valence-electron chi connectivity index (χ4n) is 5.42. The van der Waals surface area contributed by atoms with Crippen molar-refractivity contribution in [1.82, 2.24) is 19.7 Å². The van der Waals surface area contributed by atoms with E-state index in [9.17, 15) is 13.6 Å². The second-order valence-corrected chi connectivity index (χ2v) is 11.6. The van der Waals surface area contributed by atoms with E-state index >= 15 is 0 Å². The molecule has 0 radical (unpaired) electrons. The summed E-state index contributed by atoms with van der Waals surface area (Å²) in [4.78, 5) is 20.7. The normalized spacial score (nSPS) is 21.0. The molecule has 1 aliphatic heterocycles. The van der Waals surface area contributed by atoms with Crippen LogP contribution < -0.4 is 4.74 Å². The van der Waals surface area contributed by atoms with Gasteiger partial charge < -0.3 is 4.74 Å². The Labute approximate surface area is 214 Å². The van der Waals surface area contributed by atoms with Gasteiger partial charge in [-0.05, 0) is 50.1 Å². The molecule has 1 aromatic carbocycles. The summed E-state index contributed by atoms with van der Waals surface area (Å²) in [7, 11) is 0. The number of carbonyl (C=O) groups is 1. The van der Waals surface area contributed by atoms with E-state index in [1.165, 1.54) is 24.2 Å². The molecule has 0 bridgehead atoms. The van der Waals surface area contributed by atoms with Crippen LogP contribution in [0.25, 0.3) is 10.9 Å². The zero-order valence-corrected chi connectivity index (χ0v) is 21.6. The molecule has 0 spiro atoms. The van der Waals surface area contributed by atoms with E-state index in [-0.39, 0.29) is 5.78 Å². The first kappa shape index (κ1) is 25.3. The average molecular weight is 517 g/mol. The van der Waals surface area contributed by atoms with E-state index < -0.39 is 12.5 Å². The molecule has 0 saturated heterocycles. The van der Waals surface area contributed by atoms with E-state index in [1.54, 1.807) is 4.68 Å². The van der Waals surface area contributed by atoms with Crippen LogP contribution in [-0.4, -0.2) is 51.1 Å². The minimum atomic E-state index is -2.85. The lowest BCUT2D eigenvalue weighted by atomic mass is 9.78. The van der Waals surface area contributed by atoms with Gasteiger partial charge in [0.2, 0.25) is 0 Å². The van der Waals surface area contributed by atoms with E-state index in [1.807, 2.05) is 30.5 Å². The Bertz CT molecular complexity index is 1150. The van der Waals surface area contributed by atoms with Gasteiger partial charge in [0.1, 0.15) is 0 Å². The number of carbonyl (C=O) groups excluding carboxylic acids is 1. The van der Waals surface area contributed by atoms with Crippen LogP contribution in [0.2, 0.25) is 0 Å². The third kappa shape index (κ3) is 6.68. The van der Waals surface area contributed by atoms with Gasteiger partial charge >= 0.3 is 0 Å². The number of thiazole rings is 1. The van der Waals surface area contributed by atoms with Gasteiger partial charge in [-0.1, -0.05) is 42.4 Å². The first-order chi connectivity index (χ1) is 17.3. The van der Waals surface area contributed by atoms with E-state index in [0.717, 1.165) is 73.7 Å². The summed E-state index contributed by atoms with van der Waals surface area (Å²) in [6, 6.07) is 7.95. The molecule has 2 aromatic heterocycles. The number of Topliss-reactive ketones (excluding diaryl/α,β-unsaturated/α-hetero) is 1. The van der Waals surface area contributed by atoms with Crippen LogP contribution in [0, 0.1) is 11.8 Å². The van der Waals surface area contributed by atoms with Crippen LogP contribution in [0.5, 0.6) is 5.19 Å². The summed E-state index contributed by atoms with van der Waals surface area (Å²) >= 11 is 1.40. The molecule has 5 rings (SSSR count). The Kier molecular flexibility index (Phi) is 7.67. The van der Waals surface area contributed by atoms with E-state index in [0.29, 0.717) is 30.0 Å². The van der Waals surface area contributed by atoms with Crippen LogP contribution in [0.3, 0.4) is 0 Å². The number of hydrogen-bond donors (Lipinski definition) is 0. The fourth-order valence-corrected chi connectivity index (χ4v) is 6.33. The molecule has 0 amide bonds. The Morgan fingerprint density at radius 1 is 1.19 bits per heavy atom. The van der Waals surface area contributed by atoms with Gasteiger partial charge in [0, 0.05) is 42.9 Å². The van der Waals surface area contributed by atoms with Crippen LogP contribution >= 0.6 is 11.3 Å². The smallest absolute Gasteiger partial charge is 0.278 e. The standard InChI is InChI=1S/C27H34F2N4O2S/c1-27(28,29)18-35-26-30-24-17-32(13-11-25(24)36-26)12-10-19-6-8-20(9-7-19)14-22(34)16-33-15-21-4-2-3-5-23(21)31-33/h2-5,15,19-20H,6-14,16-18H2,1H3. The highest BCUT2D eigenvalue weighted by Gasteiger charge is 2.27. The molecular formula is C27H34F2N4O2S. The second-order valence-electron chi connectivity index (χ2n) is 10.5. The van der Waals surface area contributed by atoms with E-state index in [2.05, 4.69) is 15.0 Å². The molecule has 3 heterocycles. The monoisotopic (exact) mass is 516 g/mol. The lowest BCUT2D eigenvalue weighted by Crippen LogP contribution is -2.32. The molecular weight excluding hydrogens is 482 g/mol. The summed E-state index contributed by atoms with van der Waals surface area (Å²) in [5.74, 6) is -1.39. The van der Waals surface area contributed by atoms with Crippen molar-refractivity contribution in [2.45, 2.75) is 70.9 Å². The number of fused-ring (bicyclic) bond motifs is 2. The predicted molar refractivity (Wildman–Crippen MR) is 137 cm³/mol. The lowest BCUT2D eigenvalue weighted by Gasteiger charge is -2.31. The molecule has 3 aromatic rings. The SMILES string of the molecule is CC(F)(F)COc1nc2c(s1)CCN(CCC1CCC(CC(=O)Cn3cc4ccccc4n3)CC1)C2. The van der Waals surface area contributed by atoms with Crippen LogP contribution in [0.1, 0.15) is 56.0 Å². The minimum absolute atomic E-state index is 0.268. The van der Waals surface area contributed by atoms with Crippen molar-refractivity contribution in [3.63, 3.8) is 0 Å². The quantitative estimate of drug-likeness (QED) is 0.344. The minimum Gasteiger partial charge on any atom is -0.464 e. The van der Waals surface area contributed by atoms with Crippen molar-refractivity contribution < 1.29 is 18.3 Å². The maximum Gasteiger partial charge on any atom is 0.278 e. The first-order valence-corrected chi connectivity index (χ1v) is 13.8. The Balaban J connectivity index is 1.01. The van der Waals surface area contributed by atoms with Crippen LogP contribution in [-0.2, 0) is 24.3 Å². The zero-order valence-electron chi connectivity index (χ0n) is 20.8. The molecule has 2 aliphatic rings. The molecule has 6 nitrogen and oxygen atoms in total. The van der Waals surface area contributed by atoms with Crippen LogP contribution in [0.4, 0.5) is 8.78 Å². The molecule has 0 atom stereocenters. The average Bonchev–Trinajstić information content (AvgIpc) is 3.44. The molecule has 0 N–H and O–H groups in total. The number of aromatic nitrogens is 3. The molecule has 9 heteroatoms. The van der Waals surface area contributed by atoms with Gasteiger partial charge in [-0.2, -0.15) is 5.10 Å². The molecule has 36 heavy (non-hydrogen) atoms. The molecule has 0 unspecified atom stereocenters. The third-order valence-electron chi connectivity index (χ3n) is 7.37. The lowest BCUT2D eigenvalue weighted by molar-refractivity contribution is -0.121. The maximum atomic E-state index is 13.1. The van der Waals surface area contributed by atoms with Crippen molar-refractivity contribution in [3.05, 3.63) is 41.0 Å². The van der Waals surface area contributed by atoms with Crippen molar-refractivity contribution in [1.29, 1.82) is 0 Å². The molecule has 194 valence electrons. The number of hydrogen-bond acceptors (Lipinski definition) is 6. The summed E-state index contributed by atoms with van der Waals surface area (Å²) in [6.45, 7) is 3.36. The van der Waals surface area contributed by atoms with Gasteiger partial charge in [-0.3, -0.25) is 14.4 Å². The highest BCUT2D eigenvalue weighted by molar-refractivity contribution is 7.13. The van der Waals surface area contributed by atoms with Gasteiger partial charge in [-0.25, -0.2) is 13.8 Å². The number of ether oxygens (including phenoxy) is 1. The summed E-state index contributed by atoms with van der Waals surface area (Å²) in [6.07, 6.45) is 9.27. The zero-order chi connectivity index (χ0) is 25.1. The number of alkyl halides is 2. The number of ketones is 1. The van der Waals surface area contributed by atoms with Crippen LogP contribution in [0.15, 0.2) is 30.5 Å². The number of benzene rings is 1. The van der Waals surface area contributed by atoms with Crippen molar-refractivity contribution >= 4 is 28.0 Å². The van der Waals surface area contributed by atoms with Crippen molar-refractivity contribution in [2.75, 3.05) is 19.7 Å².